The summed E-state index contributed by atoms with van der Waals surface area (Å²) < 4.78 is 10.2. The Balaban J connectivity index is 1.73. The molecule has 114 valence electrons. The van der Waals surface area contributed by atoms with Crippen molar-refractivity contribution in [2.45, 2.75) is 25.8 Å². The molecule has 1 aromatic heterocycles. The topological polar surface area (TPSA) is 51.7 Å². The molecule has 1 saturated heterocycles. The summed E-state index contributed by atoms with van der Waals surface area (Å²) in [7, 11) is 3.12. The lowest BCUT2D eigenvalue weighted by Crippen LogP contribution is -2.36. The number of hydrogen-bond donors (Lipinski definition) is 0. The molecule has 1 aromatic rings. The number of aromatic nitrogens is 1. The maximum absolute atomic E-state index is 12.2. The van der Waals surface area contributed by atoms with Crippen LogP contribution in [0.5, 0.6) is 5.88 Å². The molecule has 0 spiro atoms. The molecule has 0 amide bonds. The second-order valence-electron chi connectivity index (χ2n) is 6.08. The number of carbonyl (C=O) groups is 1. The molecule has 0 N–H and O–H groups in total. The second-order valence-corrected chi connectivity index (χ2v) is 6.08. The van der Waals surface area contributed by atoms with Crippen molar-refractivity contribution in [2.24, 2.45) is 11.3 Å². The summed E-state index contributed by atoms with van der Waals surface area (Å²) in [4.78, 5) is 19.0. The third kappa shape index (κ3) is 2.50. The third-order valence-electron chi connectivity index (χ3n) is 4.91. The van der Waals surface area contributed by atoms with Crippen LogP contribution in [-0.4, -0.2) is 43.2 Å². The molecule has 1 saturated carbocycles. The van der Waals surface area contributed by atoms with E-state index >= 15 is 0 Å². The minimum absolute atomic E-state index is 0.0360. The standard InChI is InChI=1S/C16H22N2O3/c1-20-14-7-3-6-13(17-14)10-18-9-12-5-4-8-16(12,11-18)15(19)21-2/h3,6-7,12H,4-5,8-11H2,1-2H3/t12-,16+/m1/s1. The van der Waals surface area contributed by atoms with Gasteiger partial charge in [-0.1, -0.05) is 12.5 Å². The predicted octanol–water partition coefficient (Wildman–Crippen LogP) is 1.87. The fourth-order valence-electron chi connectivity index (χ4n) is 3.94. The van der Waals surface area contributed by atoms with Crippen molar-refractivity contribution in [3.8, 4) is 5.88 Å². The smallest absolute Gasteiger partial charge is 0.313 e. The lowest BCUT2D eigenvalue weighted by Gasteiger charge is -2.25. The van der Waals surface area contributed by atoms with Crippen molar-refractivity contribution in [3.05, 3.63) is 23.9 Å². The average Bonchev–Trinajstić information content (AvgIpc) is 3.04. The highest BCUT2D eigenvalue weighted by atomic mass is 16.5. The largest absolute Gasteiger partial charge is 0.481 e. The predicted molar refractivity (Wildman–Crippen MR) is 77.9 cm³/mol. The zero-order valence-corrected chi connectivity index (χ0v) is 12.7. The molecular formula is C16H22N2O3. The average molecular weight is 290 g/mol. The van der Waals surface area contributed by atoms with E-state index in [9.17, 15) is 4.79 Å². The van der Waals surface area contributed by atoms with Crippen LogP contribution in [0.15, 0.2) is 18.2 Å². The van der Waals surface area contributed by atoms with E-state index in [1.165, 1.54) is 7.11 Å². The van der Waals surface area contributed by atoms with E-state index in [1.807, 2.05) is 18.2 Å². The molecule has 5 heteroatoms. The minimum Gasteiger partial charge on any atom is -0.481 e. The molecule has 2 atom stereocenters. The Morgan fingerprint density at radius 2 is 2.33 bits per heavy atom. The van der Waals surface area contributed by atoms with Crippen LogP contribution in [-0.2, 0) is 16.1 Å². The Kier molecular flexibility index (Phi) is 3.85. The van der Waals surface area contributed by atoms with Gasteiger partial charge < -0.3 is 9.47 Å². The van der Waals surface area contributed by atoms with Crippen LogP contribution in [0.2, 0.25) is 0 Å². The highest BCUT2D eigenvalue weighted by Gasteiger charge is 2.55. The van der Waals surface area contributed by atoms with E-state index in [4.69, 9.17) is 9.47 Å². The van der Waals surface area contributed by atoms with E-state index < -0.39 is 0 Å². The molecule has 5 nitrogen and oxygen atoms in total. The monoisotopic (exact) mass is 290 g/mol. The van der Waals surface area contributed by atoms with Gasteiger partial charge in [0.25, 0.3) is 0 Å². The molecule has 3 rings (SSSR count). The SMILES string of the molecule is COC(=O)[C@]12CCC[C@@H]1CN(Cc1cccc(OC)n1)C2. The van der Waals surface area contributed by atoms with Gasteiger partial charge in [0.15, 0.2) is 0 Å². The van der Waals surface area contributed by atoms with Gasteiger partial charge in [0.05, 0.1) is 25.3 Å². The van der Waals surface area contributed by atoms with Gasteiger partial charge in [-0.05, 0) is 24.8 Å². The Hall–Kier alpha value is -1.62. The van der Waals surface area contributed by atoms with Gasteiger partial charge in [-0.15, -0.1) is 0 Å². The molecular weight excluding hydrogens is 268 g/mol. The van der Waals surface area contributed by atoms with E-state index in [0.29, 0.717) is 11.8 Å². The number of nitrogens with zero attached hydrogens (tertiary/aromatic N) is 2. The van der Waals surface area contributed by atoms with Crippen molar-refractivity contribution in [3.63, 3.8) is 0 Å². The summed E-state index contributed by atoms with van der Waals surface area (Å²) in [5.74, 6) is 1.02. The van der Waals surface area contributed by atoms with Gasteiger partial charge in [0.1, 0.15) is 0 Å². The van der Waals surface area contributed by atoms with Gasteiger partial charge >= 0.3 is 5.97 Å². The van der Waals surface area contributed by atoms with Crippen molar-refractivity contribution in [1.82, 2.24) is 9.88 Å². The van der Waals surface area contributed by atoms with Gasteiger partial charge in [0.2, 0.25) is 5.88 Å². The quantitative estimate of drug-likeness (QED) is 0.792. The van der Waals surface area contributed by atoms with E-state index in [0.717, 1.165) is 44.6 Å². The molecule has 0 aromatic carbocycles. The van der Waals surface area contributed by atoms with Crippen LogP contribution in [0, 0.1) is 11.3 Å². The van der Waals surface area contributed by atoms with Crippen molar-refractivity contribution in [2.75, 3.05) is 27.3 Å². The number of methoxy groups -OCH3 is 2. The molecule has 1 aliphatic carbocycles. The summed E-state index contributed by atoms with van der Waals surface area (Å²) in [6.45, 7) is 2.49. The summed E-state index contributed by atoms with van der Waals surface area (Å²) in [6.07, 6.45) is 3.20. The van der Waals surface area contributed by atoms with Crippen LogP contribution >= 0.6 is 0 Å². The number of likely N-dealkylation sites (tertiary alicyclic amines) is 1. The third-order valence-corrected chi connectivity index (χ3v) is 4.91. The summed E-state index contributed by atoms with van der Waals surface area (Å²) in [6, 6.07) is 5.80. The highest BCUT2D eigenvalue weighted by Crippen LogP contribution is 2.49. The van der Waals surface area contributed by atoms with Gasteiger partial charge in [-0.3, -0.25) is 9.69 Å². The number of esters is 1. The molecule has 2 fully saturated rings. The molecule has 21 heavy (non-hydrogen) atoms. The molecule has 0 unspecified atom stereocenters. The Morgan fingerprint density at radius 1 is 1.48 bits per heavy atom. The second kappa shape index (κ2) is 5.64. The van der Waals surface area contributed by atoms with E-state index in [2.05, 4.69) is 9.88 Å². The van der Waals surface area contributed by atoms with Crippen molar-refractivity contribution >= 4 is 5.97 Å². The minimum atomic E-state index is -0.284. The first-order valence-corrected chi connectivity index (χ1v) is 7.48. The number of carbonyl (C=O) groups excluding carboxylic acids is 1. The normalized spacial score (nSPS) is 28.4. The molecule has 0 bridgehead atoms. The van der Waals surface area contributed by atoms with E-state index in [1.54, 1.807) is 7.11 Å². The maximum Gasteiger partial charge on any atom is 0.313 e. The van der Waals surface area contributed by atoms with Gasteiger partial charge in [-0.25, -0.2) is 4.98 Å². The molecule has 1 aliphatic heterocycles. The summed E-state index contributed by atoms with van der Waals surface area (Å²) in [5, 5.41) is 0. The van der Waals surface area contributed by atoms with Crippen LogP contribution in [0.1, 0.15) is 25.0 Å². The summed E-state index contributed by atoms with van der Waals surface area (Å²) >= 11 is 0. The first kappa shape index (κ1) is 14.3. The number of ether oxygens (including phenoxy) is 2. The first-order valence-electron chi connectivity index (χ1n) is 7.48. The Labute approximate surface area is 125 Å². The zero-order chi connectivity index (χ0) is 14.9. The van der Waals surface area contributed by atoms with E-state index in [-0.39, 0.29) is 11.4 Å². The fraction of sp³-hybridized carbons (Fsp3) is 0.625. The van der Waals surface area contributed by atoms with Crippen LogP contribution < -0.4 is 4.74 Å². The van der Waals surface area contributed by atoms with Crippen LogP contribution in [0.4, 0.5) is 0 Å². The fourth-order valence-corrected chi connectivity index (χ4v) is 3.94. The highest BCUT2D eigenvalue weighted by molar-refractivity contribution is 5.78. The zero-order valence-electron chi connectivity index (χ0n) is 12.7. The van der Waals surface area contributed by atoms with Crippen molar-refractivity contribution < 1.29 is 14.3 Å². The molecule has 0 radical (unpaired) electrons. The van der Waals surface area contributed by atoms with Gasteiger partial charge in [-0.2, -0.15) is 0 Å². The number of rotatable bonds is 4. The summed E-state index contributed by atoms with van der Waals surface area (Å²) in [5.41, 5.74) is 0.697. The molecule has 2 heterocycles. The number of fused-ring (bicyclic) bond motifs is 1. The van der Waals surface area contributed by atoms with Crippen molar-refractivity contribution in [1.29, 1.82) is 0 Å². The first-order chi connectivity index (χ1) is 10.2. The number of hydrogen-bond acceptors (Lipinski definition) is 5. The lowest BCUT2D eigenvalue weighted by atomic mass is 9.81. The van der Waals surface area contributed by atoms with Crippen LogP contribution in [0.25, 0.3) is 0 Å². The van der Waals surface area contributed by atoms with Gasteiger partial charge in [0, 0.05) is 25.7 Å². The maximum atomic E-state index is 12.2. The lowest BCUT2D eigenvalue weighted by molar-refractivity contribution is -0.153. The Bertz CT molecular complexity index is 534. The molecule has 2 aliphatic rings. The van der Waals surface area contributed by atoms with Crippen LogP contribution in [0.3, 0.4) is 0 Å². The Morgan fingerprint density at radius 3 is 3.10 bits per heavy atom. The number of pyridine rings is 1.